The minimum Gasteiger partial charge on any atom is -0.484 e. The van der Waals surface area contributed by atoms with Gasteiger partial charge in [-0.3, -0.25) is 19.3 Å². The number of amides is 3. The summed E-state index contributed by atoms with van der Waals surface area (Å²) >= 11 is 0. The Labute approximate surface area is 211 Å². The molecule has 9 heteroatoms. The van der Waals surface area contributed by atoms with Crippen LogP contribution in [0.15, 0.2) is 54.6 Å². The van der Waals surface area contributed by atoms with Crippen LogP contribution in [0.4, 0.5) is 5.69 Å². The summed E-state index contributed by atoms with van der Waals surface area (Å²) in [5.74, 6) is -0.178. The lowest BCUT2D eigenvalue weighted by Gasteiger charge is -2.26. The molecular weight excluding hydrogens is 460 g/mol. The van der Waals surface area contributed by atoms with Crippen LogP contribution >= 0.6 is 0 Å². The van der Waals surface area contributed by atoms with E-state index in [0.717, 1.165) is 44.8 Å². The number of nitrogens with zero attached hydrogens (tertiary/aromatic N) is 2. The molecule has 0 spiro atoms. The van der Waals surface area contributed by atoms with Crippen molar-refractivity contribution in [2.45, 2.75) is 19.4 Å². The Hall–Kier alpha value is -3.43. The molecule has 0 unspecified atom stereocenters. The first-order valence-electron chi connectivity index (χ1n) is 12.5. The average Bonchev–Trinajstić information content (AvgIpc) is 3.31. The van der Waals surface area contributed by atoms with E-state index in [1.165, 1.54) is 0 Å². The van der Waals surface area contributed by atoms with Gasteiger partial charge in [0.15, 0.2) is 6.61 Å². The summed E-state index contributed by atoms with van der Waals surface area (Å²) in [6.45, 7) is 5.65. The van der Waals surface area contributed by atoms with E-state index >= 15 is 0 Å². The maximum atomic E-state index is 12.6. The zero-order chi connectivity index (χ0) is 25.2. The maximum absolute atomic E-state index is 12.6. The van der Waals surface area contributed by atoms with Gasteiger partial charge in [-0.15, -0.1) is 0 Å². The van der Waals surface area contributed by atoms with E-state index in [0.29, 0.717) is 31.1 Å². The van der Waals surface area contributed by atoms with Gasteiger partial charge in [0, 0.05) is 44.8 Å². The van der Waals surface area contributed by atoms with Crippen LogP contribution in [0.5, 0.6) is 5.75 Å². The summed E-state index contributed by atoms with van der Waals surface area (Å²) < 4.78 is 10.9. The van der Waals surface area contributed by atoms with Gasteiger partial charge >= 0.3 is 0 Å². The second kappa shape index (κ2) is 13.0. The van der Waals surface area contributed by atoms with Gasteiger partial charge in [-0.1, -0.05) is 30.3 Å². The van der Waals surface area contributed by atoms with Gasteiger partial charge in [0.1, 0.15) is 5.75 Å². The van der Waals surface area contributed by atoms with Gasteiger partial charge in [0.05, 0.1) is 19.1 Å². The predicted molar refractivity (Wildman–Crippen MR) is 136 cm³/mol. The maximum Gasteiger partial charge on any atom is 0.258 e. The fraction of sp³-hybridized carbons (Fsp3) is 0.444. The number of rotatable bonds is 11. The molecule has 3 amide bonds. The molecule has 1 atom stereocenters. The van der Waals surface area contributed by atoms with Crippen LogP contribution in [0, 0.1) is 5.92 Å². The topological polar surface area (TPSA) is 100 Å². The van der Waals surface area contributed by atoms with Crippen LogP contribution in [0.2, 0.25) is 0 Å². The first-order valence-corrected chi connectivity index (χ1v) is 12.5. The predicted octanol–water partition coefficient (Wildman–Crippen LogP) is 1.57. The Bertz CT molecular complexity index is 1010. The molecule has 0 aliphatic carbocycles. The van der Waals surface area contributed by atoms with Crippen molar-refractivity contribution in [2.24, 2.45) is 5.92 Å². The van der Waals surface area contributed by atoms with Gasteiger partial charge in [-0.2, -0.15) is 0 Å². The van der Waals surface area contributed by atoms with Gasteiger partial charge in [-0.05, 0) is 42.8 Å². The first-order chi connectivity index (χ1) is 17.6. The molecule has 0 aromatic heterocycles. The highest BCUT2D eigenvalue weighted by atomic mass is 16.5. The summed E-state index contributed by atoms with van der Waals surface area (Å²) in [6, 6.07) is 16.7. The number of ether oxygens (including phenoxy) is 2. The number of carbonyl (C=O) groups is 3. The van der Waals surface area contributed by atoms with Crippen LogP contribution in [0.1, 0.15) is 18.4 Å². The summed E-state index contributed by atoms with van der Waals surface area (Å²) in [6.07, 6.45) is 1.08. The highest BCUT2D eigenvalue weighted by Gasteiger charge is 2.35. The third kappa shape index (κ3) is 7.53. The van der Waals surface area contributed by atoms with Crippen LogP contribution in [-0.4, -0.2) is 75.2 Å². The number of hydrogen-bond donors (Lipinski definition) is 2. The van der Waals surface area contributed by atoms with Crippen molar-refractivity contribution < 1.29 is 23.9 Å². The quantitative estimate of drug-likeness (QED) is 0.460. The molecule has 2 saturated heterocycles. The van der Waals surface area contributed by atoms with Crippen molar-refractivity contribution in [1.82, 2.24) is 15.5 Å². The Kier molecular flexibility index (Phi) is 9.29. The van der Waals surface area contributed by atoms with Crippen LogP contribution in [0.25, 0.3) is 0 Å². The number of morpholine rings is 1. The van der Waals surface area contributed by atoms with Gasteiger partial charge in [-0.25, -0.2) is 0 Å². The Morgan fingerprint density at radius 1 is 1.00 bits per heavy atom. The van der Waals surface area contributed by atoms with Crippen molar-refractivity contribution >= 4 is 23.4 Å². The summed E-state index contributed by atoms with van der Waals surface area (Å²) in [4.78, 5) is 41.2. The molecule has 0 bridgehead atoms. The third-order valence-electron chi connectivity index (χ3n) is 6.40. The van der Waals surface area contributed by atoms with E-state index in [9.17, 15) is 14.4 Å². The second-order valence-corrected chi connectivity index (χ2v) is 9.05. The minimum atomic E-state index is -0.356. The molecule has 192 valence electrons. The van der Waals surface area contributed by atoms with Gasteiger partial charge in [0.2, 0.25) is 11.8 Å². The molecule has 0 saturated carbocycles. The van der Waals surface area contributed by atoms with E-state index in [1.807, 2.05) is 30.3 Å². The molecule has 2 aromatic rings. The number of hydrogen-bond acceptors (Lipinski definition) is 6. The summed E-state index contributed by atoms with van der Waals surface area (Å²) in [7, 11) is 0. The lowest BCUT2D eigenvalue weighted by Crippen LogP contribution is -2.39. The minimum absolute atomic E-state index is 0.0718. The number of anilines is 1. The summed E-state index contributed by atoms with van der Waals surface area (Å²) in [5, 5.41) is 5.80. The van der Waals surface area contributed by atoms with Crippen molar-refractivity contribution in [2.75, 3.05) is 57.4 Å². The van der Waals surface area contributed by atoms with Crippen molar-refractivity contribution in [3.8, 4) is 5.75 Å². The lowest BCUT2D eigenvalue weighted by molar-refractivity contribution is -0.126. The zero-order valence-corrected chi connectivity index (χ0v) is 20.5. The van der Waals surface area contributed by atoms with Crippen molar-refractivity contribution in [3.63, 3.8) is 0 Å². The van der Waals surface area contributed by atoms with Crippen LogP contribution in [0.3, 0.4) is 0 Å². The standard InChI is InChI=1S/C27H34N4O5/c32-25(29-18-21-5-2-1-3-6-21)20-36-24-9-7-23(8-10-24)31-19-22(17-26(31)33)27(34)28-11-4-12-30-13-15-35-16-14-30/h1-3,5-10,22H,4,11-20H2,(H,28,34)(H,29,32)/t22-/m1/s1. The van der Waals surface area contributed by atoms with Crippen LogP contribution in [-0.2, 0) is 25.7 Å². The highest BCUT2D eigenvalue weighted by Crippen LogP contribution is 2.27. The average molecular weight is 495 g/mol. The SMILES string of the molecule is O=C(COc1ccc(N2C[C@H](C(=O)NCCCN3CCOCC3)CC2=O)cc1)NCc1ccccc1. The van der Waals surface area contributed by atoms with Gasteiger partial charge in [0.25, 0.3) is 5.91 Å². The Morgan fingerprint density at radius 2 is 1.75 bits per heavy atom. The normalized spacial score (nSPS) is 18.2. The Morgan fingerprint density at radius 3 is 2.50 bits per heavy atom. The molecule has 4 rings (SSSR count). The smallest absolute Gasteiger partial charge is 0.258 e. The second-order valence-electron chi connectivity index (χ2n) is 9.05. The molecule has 0 radical (unpaired) electrons. The molecule has 2 heterocycles. The fourth-order valence-electron chi connectivity index (χ4n) is 4.33. The monoisotopic (exact) mass is 494 g/mol. The van der Waals surface area contributed by atoms with E-state index in [4.69, 9.17) is 9.47 Å². The molecule has 2 aliphatic rings. The fourth-order valence-corrected chi connectivity index (χ4v) is 4.33. The zero-order valence-electron chi connectivity index (χ0n) is 20.5. The molecular formula is C27H34N4O5. The molecule has 2 aliphatic heterocycles. The summed E-state index contributed by atoms with van der Waals surface area (Å²) in [5.41, 5.74) is 1.73. The van der Waals surface area contributed by atoms with E-state index < -0.39 is 0 Å². The van der Waals surface area contributed by atoms with Crippen molar-refractivity contribution in [1.29, 1.82) is 0 Å². The van der Waals surface area contributed by atoms with Gasteiger partial charge < -0.3 is 25.0 Å². The molecule has 36 heavy (non-hydrogen) atoms. The number of carbonyl (C=O) groups excluding carboxylic acids is 3. The Balaban J connectivity index is 1.17. The van der Waals surface area contributed by atoms with E-state index in [-0.39, 0.29) is 36.7 Å². The molecule has 9 nitrogen and oxygen atoms in total. The third-order valence-corrected chi connectivity index (χ3v) is 6.40. The number of benzene rings is 2. The molecule has 2 fully saturated rings. The first kappa shape index (κ1) is 25.7. The van der Waals surface area contributed by atoms with E-state index in [1.54, 1.807) is 29.2 Å². The highest BCUT2D eigenvalue weighted by molar-refractivity contribution is 6.00. The van der Waals surface area contributed by atoms with Crippen LogP contribution < -0.4 is 20.3 Å². The lowest BCUT2D eigenvalue weighted by atomic mass is 10.1. The largest absolute Gasteiger partial charge is 0.484 e. The molecule has 2 N–H and O–H groups in total. The van der Waals surface area contributed by atoms with Crippen molar-refractivity contribution in [3.05, 3.63) is 60.2 Å². The van der Waals surface area contributed by atoms with E-state index in [2.05, 4.69) is 15.5 Å². The molecule has 2 aromatic carbocycles. The number of nitrogens with one attached hydrogen (secondary N) is 2.